The molecule has 396 valence electrons. The highest BCUT2D eigenvalue weighted by Gasteiger charge is 2.25. The molecule has 7 heteroatoms. The molecule has 4 saturated carbocycles. The van der Waals surface area contributed by atoms with E-state index in [0.29, 0.717) is 18.0 Å². The van der Waals surface area contributed by atoms with Crippen molar-refractivity contribution in [3.8, 4) is 5.88 Å². The van der Waals surface area contributed by atoms with Crippen LogP contribution < -0.4 is 15.0 Å². The zero-order valence-electron chi connectivity index (χ0n) is 44.3. The lowest BCUT2D eigenvalue weighted by Crippen LogP contribution is -2.37. The summed E-state index contributed by atoms with van der Waals surface area (Å²) in [5.41, 5.74) is 8.84. The second kappa shape index (κ2) is 28.9. The van der Waals surface area contributed by atoms with Crippen LogP contribution in [0.5, 0.6) is 5.88 Å². The van der Waals surface area contributed by atoms with E-state index in [0.717, 1.165) is 23.5 Å². The number of rotatable bonds is 9. The Labute approximate surface area is 433 Å². The molecule has 8 rings (SSSR count). The fourth-order valence-corrected chi connectivity index (χ4v) is 9.23. The minimum Gasteiger partial charge on any atom is -0.481 e. The molecule has 0 aliphatic heterocycles. The van der Waals surface area contributed by atoms with Crippen LogP contribution in [0.25, 0.3) is 0 Å². The molecule has 0 amide bonds. The summed E-state index contributed by atoms with van der Waals surface area (Å²) in [5.74, 6) is 4.53. The van der Waals surface area contributed by atoms with Crippen molar-refractivity contribution in [2.45, 2.75) is 256 Å². The van der Waals surface area contributed by atoms with E-state index >= 15 is 0 Å². The van der Waals surface area contributed by atoms with Crippen molar-refractivity contribution in [1.29, 1.82) is 0 Å². The monoisotopic (exact) mass is 965 g/mol. The molecule has 4 aliphatic rings. The van der Waals surface area contributed by atoms with E-state index < -0.39 is 0 Å². The van der Waals surface area contributed by atoms with Gasteiger partial charge in [-0.25, -0.2) is 4.98 Å². The first-order chi connectivity index (χ1) is 31.1. The van der Waals surface area contributed by atoms with Gasteiger partial charge in [0.1, 0.15) is 11.6 Å². The summed E-state index contributed by atoms with van der Waals surface area (Å²) in [6.45, 7) is 27.0. The number of ether oxygens (including phenoxy) is 1. The molecule has 0 aromatic carbocycles. The van der Waals surface area contributed by atoms with Gasteiger partial charge in [-0.1, -0.05) is 171 Å². The summed E-state index contributed by atoms with van der Waals surface area (Å²) < 4.78 is 5.27. The second-order valence-corrected chi connectivity index (χ2v) is 24.3. The normalized spacial score (nSPS) is 16.4. The molecule has 1 N–H and O–H groups in total. The van der Waals surface area contributed by atoms with Crippen molar-refractivity contribution < 1.29 is 4.74 Å². The number of hydrogen-bond donors (Lipinski definition) is 1. The second-order valence-electron chi connectivity index (χ2n) is 24.3. The first-order valence-corrected chi connectivity index (χ1v) is 26.0. The van der Waals surface area contributed by atoms with Crippen molar-refractivity contribution in [2.24, 2.45) is 11.8 Å². The number of aromatic nitrogens is 4. The standard InChI is InChI=1S/C16H25N.C15H23N.C14H22N2O.C14H22N2.4CH4/c1-16(2,3)14-9-10-17-15(12-14)11-13-7-5-4-6-8-13;1-15(2,3)13-8-9-16-14(11-13)10-12-6-4-5-7-12;1-14(2,3)10-8-12(15-11-6-5-7-11)16-13(9-10)17-4;1-14(2,3)11-8-9-15-13(10-11)16(4)12-6-5-7-12;;;;/h9-10,12-13H,4-8,11H2,1-3H3;8-9,11-12H,4-7,10H2,1-3H3;8-9,11H,5-7H2,1-4H3,(H,15,16);8-10,12H,5-7H2,1-4H3;4*1H4. The van der Waals surface area contributed by atoms with E-state index in [-0.39, 0.29) is 51.4 Å². The van der Waals surface area contributed by atoms with E-state index in [1.807, 2.05) is 24.7 Å². The molecular weight excluding hydrogens is 857 g/mol. The Morgan fingerprint density at radius 1 is 0.500 bits per heavy atom. The highest BCUT2D eigenvalue weighted by molar-refractivity contribution is 5.45. The lowest BCUT2D eigenvalue weighted by Gasteiger charge is -2.36. The molecule has 0 unspecified atom stereocenters. The highest BCUT2D eigenvalue weighted by Crippen LogP contribution is 2.33. The van der Waals surface area contributed by atoms with Gasteiger partial charge in [0.2, 0.25) is 5.88 Å². The number of methoxy groups -OCH3 is 1. The Hall–Kier alpha value is -4.00. The molecule has 0 bridgehead atoms. The summed E-state index contributed by atoms with van der Waals surface area (Å²) >= 11 is 0. The van der Waals surface area contributed by atoms with E-state index in [4.69, 9.17) is 4.74 Å². The largest absolute Gasteiger partial charge is 0.481 e. The van der Waals surface area contributed by atoms with Crippen LogP contribution in [0.2, 0.25) is 0 Å². The third-order valence-electron chi connectivity index (χ3n) is 14.5. The minimum absolute atomic E-state index is 0. The number of anilines is 2. The Morgan fingerprint density at radius 2 is 0.914 bits per heavy atom. The van der Waals surface area contributed by atoms with E-state index in [1.54, 1.807) is 7.11 Å². The quantitative estimate of drug-likeness (QED) is 0.179. The van der Waals surface area contributed by atoms with Gasteiger partial charge < -0.3 is 15.0 Å². The summed E-state index contributed by atoms with van der Waals surface area (Å²) in [5, 5.41) is 3.47. The number of hydrogen-bond acceptors (Lipinski definition) is 7. The van der Waals surface area contributed by atoms with Gasteiger partial charge in [0.05, 0.1) is 7.11 Å². The van der Waals surface area contributed by atoms with Crippen LogP contribution in [0.4, 0.5) is 11.6 Å². The van der Waals surface area contributed by atoms with Gasteiger partial charge in [-0.3, -0.25) is 9.97 Å². The first-order valence-electron chi connectivity index (χ1n) is 26.0. The van der Waals surface area contributed by atoms with Gasteiger partial charge in [-0.15, -0.1) is 0 Å². The third kappa shape index (κ3) is 20.6. The zero-order chi connectivity index (χ0) is 48.1. The Kier molecular flexibility index (Phi) is 26.4. The number of nitrogens with zero attached hydrogens (tertiary/aromatic N) is 5. The maximum atomic E-state index is 5.27. The van der Waals surface area contributed by atoms with E-state index in [2.05, 4.69) is 163 Å². The fourth-order valence-electron chi connectivity index (χ4n) is 9.23. The van der Waals surface area contributed by atoms with Gasteiger partial charge in [0.25, 0.3) is 0 Å². The van der Waals surface area contributed by atoms with E-state index in [9.17, 15) is 0 Å². The van der Waals surface area contributed by atoms with Crippen LogP contribution in [0.1, 0.15) is 243 Å². The highest BCUT2D eigenvalue weighted by atomic mass is 16.5. The van der Waals surface area contributed by atoms with Crippen molar-refractivity contribution in [3.05, 3.63) is 101 Å². The van der Waals surface area contributed by atoms with Crippen molar-refractivity contribution >= 4 is 11.6 Å². The van der Waals surface area contributed by atoms with Crippen LogP contribution in [-0.2, 0) is 34.5 Å². The SMILES string of the molecule is C.C.C.C.CC(C)(C)c1ccnc(CC2CCCC2)c1.CC(C)(C)c1ccnc(CC2CCCCC2)c1.CN(c1cc(C(C)(C)C)ccn1)C1CCC1.COc1cc(C(C)(C)C)cc(NC2CCC2)n1. The molecule has 0 saturated heterocycles. The lowest BCUT2D eigenvalue weighted by molar-refractivity contribution is 0.354. The van der Waals surface area contributed by atoms with Gasteiger partial charge >= 0.3 is 0 Å². The molecule has 0 atom stereocenters. The number of nitrogens with one attached hydrogen (secondary N) is 1. The molecular formula is C63H108N6O. The molecule has 4 aromatic heterocycles. The average molecular weight is 966 g/mol. The molecule has 4 aliphatic carbocycles. The van der Waals surface area contributed by atoms with Gasteiger partial charge in [-0.05, 0) is 150 Å². The predicted molar refractivity (Wildman–Crippen MR) is 308 cm³/mol. The van der Waals surface area contributed by atoms with Gasteiger partial charge in [-0.2, -0.15) is 4.98 Å². The number of pyridine rings is 4. The van der Waals surface area contributed by atoms with Crippen LogP contribution in [0, 0.1) is 11.8 Å². The topological polar surface area (TPSA) is 76.1 Å². The molecule has 4 heterocycles. The van der Waals surface area contributed by atoms with Crippen LogP contribution in [0.3, 0.4) is 0 Å². The van der Waals surface area contributed by atoms with E-state index in [1.165, 1.54) is 143 Å². The molecule has 0 radical (unpaired) electrons. The summed E-state index contributed by atoms with van der Waals surface area (Å²) in [6.07, 6.45) is 28.8. The van der Waals surface area contributed by atoms with Crippen LogP contribution >= 0.6 is 0 Å². The van der Waals surface area contributed by atoms with Crippen LogP contribution in [-0.4, -0.2) is 46.2 Å². The van der Waals surface area contributed by atoms with Crippen LogP contribution in [0.15, 0.2) is 67.1 Å². The van der Waals surface area contributed by atoms with Gasteiger partial charge in [0, 0.05) is 55.2 Å². The minimum atomic E-state index is 0. The lowest BCUT2D eigenvalue weighted by atomic mass is 9.84. The maximum Gasteiger partial charge on any atom is 0.215 e. The van der Waals surface area contributed by atoms with Crippen molar-refractivity contribution in [2.75, 3.05) is 24.4 Å². The summed E-state index contributed by atoms with van der Waals surface area (Å²) in [6, 6.07) is 18.8. The van der Waals surface area contributed by atoms with Gasteiger partial charge in [0.15, 0.2) is 0 Å². The molecule has 0 spiro atoms. The van der Waals surface area contributed by atoms with Crippen molar-refractivity contribution in [3.63, 3.8) is 0 Å². The smallest absolute Gasteiger partial charge is 0.215 e. The summed E-state index contributed by atoms with van der Waals surface area (Å²) in [4.78, 5) is 20.3. The predicted octanol–water partition coefficient (Wildman–Crippen LogP) is 17.9. The molecule has 4 fully saturated rings. The summed E-state index contributed by atoms with van der Waals surface area (Å²) in [7, 11) is 3.83. The first kappa shape index (κ1) is 64.0. The Morgan fingerprint density at radius 3 is 1.30 bits per heavy atom. The fraction of sp³-hybridized carbons (Fsp3) is 0.683. The Balaban J connectivity index is 0.000000458. The maximum absolute atomic E-state index is 5.27. The third-order valence-corrected chi connectivity index (χ3v) is 14.5. The molecule has 7 nitrogen and oxygen atoms in total. The molecule has 70 heavy (non-hydrogen) atoms. The zero-order valence-corrected chi connectivity index (χ0v) is 44.3. The molecule has 4 aromatic rings. The Bertz CT molecular complexity index is 2050. The average Bonchev–Trinajstić information content (AvgIpc) is 3.75. The van der Waals surface area contributed by atoms with Crippen molar-refractivity contribution in [1.82, 2.24) is 19.9 Å².